The summed E-state index contributed by atoms with van der Waals surface area (Å²) < 4.78 is 0. The van der Waals surface area contributed by atoms with Crippen molar-refractivity contribution in [3.05, 3.63) is 120 Å². The van der Waals surface area contributed by atoms with Crippen molar-refractivity contribution >= 4 is 13.3 Å². The molecule has 2 aromatic carbocycles. The molecule has 1 aliphatic rings. The molecule has 0 saturated heterocycles. The van der Waals surface area contributed by atoms with Gasteiger partial charge in [-0.1, -0.05) is 101 Å². The van der Waals surface area contributed by atoms with E-state index in [0.29, 0.717) is 5.92 Å². The van der Waals surface area contributed by atoms with Crippen LogP contribution >= 0.6 is 0 Å². The Morgan fingerprint density at radius 1 is 0.822 bits per heavy atom. The number of nitrogens with zero attached hydrogens (tertiary/aromatic N) is 3. The number of aromatic nitrogens is 3. The van der Waals surface area contributed by atoms with Gasteiger partial charge in [0.1, 0.15) is 0 Å². The molecule has 0 bridgehead atoms. The number of pyridine rings is 3. The van der Waals surface area contributed by atoms with Crippen molar-refractivity contribution in [2.45, 2.75) is 78.4 Å². The van der Waals surface area contributed by atoms with Gasteiger partial charge >= 0.3 is 0 Å². The standard InChI is InChI=1S/C21H20N.C19H25N2Si.Ir/c1-15(2)17-9-11-18(12-10-17)20-13-21(22-14-16(20)3)19-7-5-4-6-8-19;1-22(2,3)19-14-21-18(17-10-6-7-11-20-17)13-16(19)12-15-8-4-5-9-15;/h4-7,9-15H,1-3H3;6-7,11,13-15H,4-5,8-9,12H2,1-3H3;/q2*-1;. The summed E-state index contributed by atoms with van der Waals surface area (Å²) in [5.74, 6) is 1.42. The molecule has 6 rings (SSSR count). The summed E-state index contributed by atoms with van der Waals surface area (Å²) in [5.41, 5.74) is 10.4. The molecule has 3 heterocycles. The second-order valence-electron chi connectivity index (χ2n) is 13.4. The summed E-state index contributed by atoms with van der Waals surface area (Å²) in [5, 5.41) is 1.51. The van der Waals surface area contributed by atoms with Gasteiger partial charge in [0.05, 0.1) is 8.07 Å². The van der Waals surface area contributed by atoms with Gasteiger partial charge in [0.25, 0.3) is 0 Å². The number of rotatable bonds is 7. The molecule has 1 radical (unpaired) electrons. The first-order valence-corrected chi connectivity index (χ1v) is 19.6. The Balaban J connectivity index is 0.000000200. The van der Waals surface area contributed by atoms with Crippen LogP contribution in [-0.2, 0) is 26.5 Å². The predicted octanol–water partition coefficient (Wildman–Crippen LogP) is 9.87. The molecule has 3 aromatic heterocycles. The van der Waals surface area contributed by atoms with Crippen molar-refractivity contribution in [3.63, 3.8) is 0 Å². The van der Waals surface area contributed by atoms with E-state index in [9.17, 15) is 0 Å². The second-order valence-corrected chi connectivity index (χ2v) is 18.4. The molecule has 5 heteroatoms. The largest absolute Gasteiger partial charge is 0.318 e. The maximum Gasteiger partial charge on any atom is 0.0798 e. The summed E-state index contributed by atoms with van der Waals surface area (Å²) in [6, 6.07) is 31.5. The normalized spacial score (nSPS) is 13.2. The van der Waals surface area contributed by atoms with Gasteiger partial charge in [0.15, 0.2) is 0 Å². The minimum absolute atomic E-state index is 0. The molecular formula is C40H45IrN3Si-2. The van der Waals surface area contributed by atoms with E-state index in [-0.39, 0.29) is 20.1 Å². The van der Waals surface area contributed by atoms with Gasteiger partial charge in [0.2, 0.25) is 0 Å². The van der Waals surface area contributed by atoms with E-state index < -0.39 is 8.07 Å². The van der Waals surface area contributed by atoms with Crippen molar-refractivity contribution < 1.29 is 20.1 Å². The molecule has 1 fully saturated rings. The Bertz CT molecular complexity index is 1640. The summed E-state index contributed by atoms with van der Waals surface area (Å²) in [6.07, 6.45) is 12.7. The number of hydrogen-bond donors (Lipinski definition) is 0. The molecule has 1 saturated carbocycles. The van der Waals surface area contributed by atoms with Gasteiger partial charge in [-0.25, -0.2) is 0 Å². The van der Waals surface area contributed by atoms with Crippen LogP contribution in [0, 0.1) is 25.0 Å². The topological polar surface area (TPSA) is 38.7 Å². The fourth-order valence-electron chi connectivity index (χ4n) is 6.04. The van der Waals surface area contributed by atoms with Crippen LogP contribution in [0.15, 0.2) is 91.4 Å². The van der Waals surface area contributed by atoms with Crippen LogP contribution in [-0.4, -0.2) is 23.0 Å². The van der Waals surface area contributed by atoms with E-state index in [2.05, 4.69) is 105 Å². The molecule has 1 aliphatic carbocycles. The van der Waals surface area contributed by atoms with E-state index in [1.165, 1.54) is 65.1 Å². The number of aryl methyl sites for hydroxylation is 1. The molecule has 0 spiro atoms. The number of hydrogen-bond acceptors (Lipinski definition) is 3. The first-order valence-electron chi connectivity index (χ1n) is 16.1. The predicted molar refractivity (Wildman–Crippen MR) is 188 cm³/mol. The quantitative estimate of drug-likeness (QED) is 0.122. The van der Waals surface area contributed by atoms with Crippen LogP contribution in [0.1, 0.15) is 62.1 Å². The van der Waals surface area contributed by atoms with Crippen LogP contribution in [0.3, 0.4) is 0 Å². The molecule has 45 heavy (non-hydrogen) atoms. The SMILES string of the molecule is C[Si](C)(C)c1cnc(-c2[c-]cccn2)cc1CC1CCCC1.Cc1cnc(-c2[c-]cccc2)cc1-c1ccc(C(C)C)cc1.[Ir]. The Hall–Kier alpha value is -3.24. The third-order valence-electron chi connectivity index (χ3n) is 8.61. The van der Waals surface area contributed by atoms with Crippen molar-refractivity contribution in [2.75, 3.05) is 0 Å². The molecule has 5 aromatic rings. The van der Waals surface area contributed by atoms with Gasteiger partial charge in [-0.05, 0) is 75.9 Å². The van der Waals surface area contributed by atoms with E-state index in [0.717, 1.165) is 28.6 Å². The van der Waals surface area contributed by atoms with E-state index >= 15 is 0 Å². The van der Waals surface area contributed by atoms with Crippen LogP contribution in [0.4, 0.5) is 0 Å². The van der Waals surface area contributed by atoms with E-state index in [1.54, 1.807) is 0 Å². The maximum absolute atomic E-state index is 4.69. The first-order chi connectivity index (χ1) is 21.2. The zero-order valence-electron chi connectivity index (χ0n) is 27.5. The minimum Gasteiger partial charge on any atom is -0.318 e. The monoisotopic (exact) mass is 788 g/mol. The average molecular weight is 788 g/mol. The third kappa shape index (κ3) is 9.16. The van der Waals surface area contributed by atoms with Crippen LogP contribution in [0.25, 0.3) is 33.8 Å². The van der Waals surface area contributed by atoms with Crippen molar-refractivity contribution in [1.82, 2.24) is 15.0 Å². The van der Waals surface area contributed by atoms with Gasteiger partial charge in [-0.2, -0.15) is 12.1 Å². The summed E-state index contributed by atoms with van der Waals surface area (Å²) in [4.78, 5) is 13.6. The van der Waals surface area contributed by atoms with Gasteiger partial charge in [-0.3, -0.25) is 4.98 Å². The van der Waals surface area contributed by atoms with Crippen LogP contribution in [0.2, 0.25) is 19.6 Å². The molecule has 3 nitrogen and oxygen atoms in total. The average Bonchev–Trinajstić information content (AvgIpc) is 3.55. The first kappa shape index (κ1) is 34.6. The smallest absolute Gasteiger partial charge is 0.0798 e. The van der Waals surface area contributed by atoms with Crippen molar-refractivity contribution in [1.29, 1.82) is 0 Å². The Kier molecular flexibility index (Phi) is 12.2. The molecule has 0 atom stereocenters. The minimum atomic E-state index is -1.37. The van der Waals surface area contributed by atoms with E-state index in [1.807, 2.05) is 48.8 Å². The second kappa shape index (κ2) is 15.8. The van der Waals surface area contributed by atoms with Crippen molar-refractivity contribution in [3.8, 4) is 33.8 Å². The van der Waals surface area contributed by atoms with Gasteiger partial charge in [0, 0.05) is 32.5 Å². The zero-order valence-corrected chi connectivity index (χ0v) is 30.9. The molecule has 0 N–H and O–H groups in total. The van der Waals surface area contributed by atoms with Crippen molar-refractivity contribution in [2.24, 2.45) is 5.92 Å². The summed E-state index contributed by atoms with van der Waals surface area (Å²) >= 11 is 0. The fourth-order valence-corrected chi connectivity index (χ4v) is 7.63. The molecular weight excluding hydrogens is 743 g/mol. The summed E-state index contributed by atoms with van der Waals surface area (Å²) in [6.45, 7) is 13.8. The Morgan fingerprint density at radius 2 is 1.53 bits per heavy atom. The third-order valence-corrected chi connectivity index (χ3v) is 10.7. The van der Waals surface area contributed by atoms with Gasteiger partial charge in [-0.15, -0.1) is 42.0 Å². The maximum atomic E-state index is 4.69. The van der Waals surface area contributed by atoms with Crippen LogP contribution < -0.4 is 5.19 Å². The Labute approximate surface area is 285 Å². The molecule has 0 amide bonds. The fraction of sp³-hybridized carbons (Fsp3) is 0.325. The molecule has 0 unspecified atom stereocenters. The zero-order chi connectivity index (χ0) is 31.1. The van der Waals surface area contributed by atoms with Gasteiger partial charge < -0.3 is 9.97 Å². The summed E-state index contributed by atoms with van der Waals surface area (Å²) in [7, 11) is -1.37. The molecule has 235 valence electrons. The molecule has 0 aliphatic heterocycles. The number of benzene rings is 2. The Morgan fingerprint density at radius 3 is 2.16 bits per heavy atom. The van der Waals surface area contributed by atoms with E-state index in [4.69, 9.17) is 4.98 Å². The van der Waals surface area contributed by atoms with Crippen LogP contribution in [0.5, 0.6) is 0 Å².